The Balaban J connectivity index is 2.52. The van der Waals surface area contributed by atoms with E-state index in [0.717, 1.165) is 11.0 Å². The molecule has 1 atom stereocenters. The molecular weight excluding hydrogens is 425 g/mol. The molecule has 2 aromatic rings. The van der Waals surface area contributed by atoms with Crippen LogP contribution in [-0.2, 0) is 14.8 Å². The molecule has 168 valence electrons. The standard InChI is InChI=1S/C21H26FN3O5S/c1-5-25(6-2)31(28,29)18-13-15(10-11-17(18)30-4)21(27)24(3)19(20(23)26)14-8-7-9-16(22)12-14/h7-13,19H,5-6H2,1-4H3,(H2,23,26). The lowest BCUT2D eigenvalue weighted by molar-refractivity contribution is -0.122. The Morgan fingerprint density at radius 1 is 1.13 bits per heavy atom. The van der Waals surface area contributed by atoms with Crippen LogP contribution in [0, 0.1) is 5.82 Å². The number of hydrogen-bond donors (Lipinski definition) is 1. The van der Waals surface area contributed by atoms with Gasteiger partial charge in [0.1, 0.15) is 22.5 Å². The van der Waals surface area contributed by atoms with Gasteiger partial charge in [-0.25, -0.2) is 12.8 Å². The second kappa shape index (κ2) is 9.88. The number of halogens is 1. The van der Waals surface area contributed by atoms with E-state index < -0.39 is 33.7 Å². The van der Waals surface area contributed by atoms with Crippen LogP contribution in [0.25, 0.3) is 0 Å². The SMILES string of the molecule is CCN(CC)S(=O)(=O)c1cc(C(=O)N(C)C(C(N)=O)c2cccc(F)c2)ccc1OC. The minimum absolute atomic E-state index is 0.0108. The number of primary amides is 1. The van der Waals surface area contributed by atoms with E-state index in [-0.39, 0.29) is 34.9 Å². The van der Waals surface area contributed by atoms with E-state index in [0.29, 0.717) is 0 Å². The Hall–Kier alpha value is -2.98. The highest BCUT2D eigenvalue weighted by atomic mass is 32.2. The molecular formula is C21H26FN3O5S. The normalized spacial score (nSPS) is 12.5. The summed E-state index contributed by atoms with van der Waals surface area (Å²) in [6.07, 6.45) is 0. The molecule has 0 spiro atoms. The first-order valence-electron chi connectivity index (χ1n) is 9.58. The van der Waals surface area contributed by atoms with Gasteiger partial charge in [0, 0.05) is 25.7 Å². The number of hydrogen-bond acceptors (Lipinski definition) is 5. The molecule has 0 heterocycles. The van der Waals surface area contributed by atoms with E-state index in [1.807, 2.05) is 0 Å². The van der Waals surface area contributed by atoms with Gasteiger partial charge in [0.2, 0.25) is 15.9 Å². The Kier molecular flexibility index (Phi) is 7.75. The summed E-state index contributed by atoms with van der Waals surface area (Å²) in [6.45, 7) is 3.88. The lowest BCUT2D eigenvalue weighted by Crippen LogP contribution is -2.39. The van der Waals surface area contributed by atoms with Crippen molar-refractivity contribution in [3.8, 4) is 5.75 Å². The third-order valence-electron chi connectivity index (χ3n) is 4.88. The molecule has 10 heteroatoms. The second-order valence-corrected chi connectivity index (χ2v) is 8.64. The van der Waals surface area contributed by atoms with Crippen LogP contribution in [0.1, 0.15) is 35.8 Å². The van der Waals surface area contributed by atoms with Crippen LogP contribution < -0.4 is 10.5 Å². The summed E-state index contributed by atoms with van der Waals surface area (Å²) >= 11 is 0. The summed E-state index contributed by atoms with van der Waals surface area (Å²) in [5, 5.41) is 0. The molecule has 0 aliphatic carbocycles. The average Bonchev–Trinajstić information content (AvgIpc) is 2.73. The first kappa shape index (κ1) is 24.3. The van der Waals surface area contributed by atoms with Crippen molar-refractivity contribution < 1.29 is 27.1 Å². The third-order valence-corrected chi connectivity index (χ3v) is 6.95. The second-order valence-electron chi connectivity index (χ2n) is 6.73. The fourth-order valence-electron chi connectivity index (χ4n) is 3.29. The number of carbonyl (C=O) groups excluding carboxylic acids is 2. The molecule has 2 aromatic carbocycles. The number of ether oxygens (including phenoxy) is 1. The van der Waals surface area contributed by atoms with Gasteiger partial charge >= 0.3 is 0 Å². The van der Waals surface area contributed by atoms with Crippen molar-refractivity contribution in [1.82, 2.24) is 9.21 Å². The van der Waals surface area contributed by atoms with E-state index in [1.54, 1.807) is 13.8 Å². The van der Waals surface area contributed by atoms with Crippen LogP contribution in [-0.4, -0.2) is 56.7 Å². The molecule has 2 amide bonds. The van der Waals surface area contributed by atoms with E-state index in [2.05, 4.69) is 0 Å². The Bertz CT molecular complexity index is 1070. The first-order chi connectivity index (χ1) is 14.6. The van der Waals surface area contributed by atoms with E-state index in [1.165, 1.54) is 54.9 Å². The van der Waals surface area contributed by atoms with Gasteiger partial charge in [-0.05, 0) is 35.9 Å². The zero-order valence-corrected chi connectivity index (χ0v) is 18.6. The first-order valence-corrected chi connectivity index (χ1v) is 11.0. The van der Waals surface area contributed by atoms with Gasteiger partial charge in [-0.1, -0.05) is 26.0 Å². The highest BCUT2D eigenvalue weighted by molar-refractivity contribution is 7.89. The third kappa shape index (κ3) is 5.02. The largest absolute Gasteiger partial charge is 0.495 e. The minimum atomic E-state index is -3.92. The van der Waals surface area contributed by atoms with Gasteiger partial charge < -0.3 is 15.4 Å². The van der Waals surface area contributed by atoms with Crippen molar-refractivity contribution in [2.75, 3.05) is 27.2 Å². The predicted molar refractivity (Wildman–Crippen MR) is 114 cm³/mol. The van der Waals surface area contributed by atoms with Crippen molar-refractivity contribution in [2.45, 2.75) is 24.8 Å². The number of sulfonamides is 1. The number of rotatable bonds is 9. The van der Waals surface area contributed by atoms with Crippen molar-refractivity contribution in [3.63, 3.8) is 0 Å². The molecule has 2 N–H and O–H groups in total. The van der Waals surface area contributed by atoms with Crippen molar-refractivity contribution in [2.24, 2.45) is 5.73 Å². The summed E-state index contributed by atoms with van der Waals surface area (Å²) in [6, 6.07) is 7.93. The molecule has 0 saturated carbocycles. The van der Waals surface area contributed by atoms with Crippen LogP contribution in [0.4, 0.5) is 4.39 Å². The molecule has 0 fully saturated rings. The van der Waals surface area contributed by atoms with Crippen molar-refractivity contribution in [3.05, 3.63) is 59.4 Å². The predicted octanol–water partition coefficient (Wildman–Crippen LogP) is 2.16. The van der Waals surface area contributed by atoms with Gasteiger partial charge in [-0.3, -0.25) is 9.59 Å². The number of methoxy groups -OCH3 is 1. The Morgan fingerprint density at radius 3 is 2.29 bits per heavy atom. The van der Waals surface area contributed by atoms with Gasteiger partial charge in [-0.2, -0.15) is 4.31 Å². The number of nitrogens with zero attached hydrogens (tertiary/aromatic N) is 2. The maximum Gasteiger partial charge on any atom is 0.254 e. The molecule has 8 nitrogen and oxygen atoms in total. The smallest absolute Gasteiger partial charge is 0.254 e. The van der Waals surface area contributed by atoms with Gasteiger partial charge in [0.25, 0.3) is 5.91 Å². The Labute approximate surface area is 181 Å². The zero-order chi connectivity index (χ0) is 23.3. The number of benzene rings is 2. The van der Waals surface area contributed by atoms with E-state index in [4.69, 9.17) is 10.5 Å². The fourth-order valence-corrected chi connectivity index (χ4v) is 4.93. The lowest BCUT2D eigenvalue weighted by atomic mass is 10.0. The van der Waals surface area contributed by atoms with Crippen LogP contribution in [0.5, 0.6) is 5.75 Å². The fraction of sp³-hybridized carbons (Fsp3) is 0.333. The van der Waals surface area contributed by atoms with Gasteiger partial charge in [0.05, 0.1) is 7.11 Å². The quantitative estimate of drug-likeness (QED) is 0.628. The van der Waals surface area contributed by atoms with Gasteiger partial charge in [-0.15, -0.1) is 0 Å². The van der Waals surface area contributed by atoms with Crippen molar-refractivity contribution in [1.29, 1.82) is 0 Å². The molecule has 0 aliphatic rings. The minimum Gasteiger partial charge on any atom is -0.495 e. The number of likely N-dealkylation sites (N-methyl/N-ethyl adjacent to an activating group) is 1. The van der Waals surface area contributed by atoms with E-state index in [9.17, 15) is 22.4 Å². The summed E-state index contributed by atoms with van der Waals surface area (Å²) < 4.78 is 46.1. The summed E-state index contributed by atoms with van der Waals surface area (Å²) in [7, 11) is -1.25. The van der Waals surface area contributed by atoms with Crippen LogP contribution in [0.15, 0.2) is 47.4 Å². The average molecular weight is 452 g/mol. The highest BCUT2D eigenvalue weighted by Gasteiger charge is 2.31. The number of carbonyl (C=O) groups is 2. The molecule has 31 heavy (non-hydrogen) atoms. The van der Waals surface area contributed by atoms with E-state index >= 15 is 0 Å². The van der Waals surface area contributed by atoms with Crippen LogP contribution in [0.3, 0.4) is 0 Å². The monoisotopic (exact) mass is 451 g/mol. The molecule has 2 rings (SSSR count). The molecule has 0 bridgehead atoms. The number of nitrogens with two attached hydrogens (primary N) is 1. The van der Waals surface area contributed by atoms with Gasteiger partial charge in [0.15, 0.2) is 0 Å². The maximum absolute atomic E-state index is 13.6. The highest BCUT2D eigenvalue weighted by Crippen LogP contribution is 2.29. The zero-order valence-electron chi connectivity index (χ0n) is 17.8. The van der Waals surface area contributed by atoms with Crippen LogP contribution >= 0.6 is 0 Å². The maximum atomic E-state index is 13.6. The summed E-state index contributed by atoms with van der Waals surface area (Å²) in [4.78, 5) is 26.1. The topological polar surface area (TPSA) is 110 Å². The molecule has 0 saturated heterocycles. The van der Waals surface area contributed by atoms with Crippen LogP contribution in [0.2, 0.25) is 0 Å². The molecule has 0 aliphatic heterocycles. The molecule has 0 aromatic heterocycles. The summed E-state index contributed by atoms with van der Waals surface area (Å²) in [5.74, 6) is -2.01. The van der Waals surface area contributed by atoms with Crippen molar-refractivity contribution >= 4 is 21.8 Å². The lowest BCUT2D eigenvalue weighted by Gasteiger charge is -2.27. The Morgan fingerprint density at radius 2 is 1.77 bits per heavy atom. The number of amides is 2. The molecule has 1 unspecified atom stereocenters. The summed E-state index contributed by atoms with van der Waals surface area (Å²) in [5.41, 5.74) is 5.69. The molecule has 0 radical (unpaired) electrons.